The van der Waals surface area contributed by atoms with Gasteiger partial charge < -0.3 is 0 Å². The number of nitrogens with one attached hydrogen (secondary N) is 1. The van der Waals surface area contributed by atoms with E-state index in [1.165, 1.54) is 0 Å². The van der Waals surface area contributed by atoms with Crippen molar-refractivity contribution in [1.29, 1.82) is 0 Å². The largest absolute Gasteiger partial charge is 0.290 e. The van der Waals surface area contributed by atoms with Gasteiger partial charge in [-0.3, -0.25) is 9.71 Å². The third kappa shape index (κ3) is 5.82. The summed E-state index contributed by atoms with van der Waals surface area (Å²) in [5.41, 5.74) is 0. The van der Waals surface area contributed by atoms with Crippen molar-refractivity contribution in [3.8, 4) is 0 Å². The molecule has 0 heterocycles. The quantitative estimate of drug-likeness (QED) is 0.428. The van der Waals surface area contributed by atoms with Gasteiger partial charge in [0, 0.05) is 0 Å². The molecule has 0 aliphatic rings. The van der Waals surface area contributed by atoms with Crippen LogP contribution in [0.3, 0.4) is 0 Å². The molecule has 0 bridgehead atoms. The van der Waals surface area contributed by atoms with E-state index < -0.39 is 6.80 Å². The number of hydrogen-bond donors (Lipinski definition) is 1. The van der Waals surface area contributed by atoms with E-state index in [4.69, 9.17) is 0 Å². The second kappa shape index (κ2) is 6.82. The molecule has 0 aromatic rings. The van der Waals surface area contributed by atoms with Crippen LogP contribution in [0.4, 0.5) is 8.78 Å². The highest BCUT2D eigenvalue weighted by molar-refractivity contribution is 4.40. The Morgan fingerprint density at radius 2 is 1.88 bits per heavy atom. The standard InChI is InChI=1S/C5H11F2N/c6-3-1-2-4-8-5-7/h8H,1-5H2. The number of halogens is 2. The summed E-state index contributed by atoms with van der Waals surface area (Å²) in [5.74, 6) is 0. The second-order valence-corrected chi connectivity index (χ2v) is 1.53. The van der Waals surface area contributed by atoms with E-state index in [-0.39, 0.29) is 6.67 Å². The van der Waals surface area contributed by atoms with Gasteiger partial charge in [0.15, 0.2) is 0 Å². The fourth-order valence-electron chi connectivity index (χ4n) is 0.411. The summed E-state index contributed by atoms with van der Waals surface area (Å²) in [7, 11) is 0. The first-order valence-corrected chi connectivity index (χ1v) is 2.74. The molecule has 0 spiro atoms. The summed E-state index contributed by atoms with van der Waals surface area (Å²) in [6.07, 6.45) is 1.26. The van der Waals surface area contributed by atoms with Gasteiger partial charge in [0.25, 0.3) is 0 Å². The van der Waals surface area contributed by atoms with Crippen LogP contribution in [-0.4, -0.2) is 20.0 Å². The molecule has 0 atom stereocenters. The molecule has 0 aliphatic carbocycles. The van der Waals surface area contributed by atoms with Crippen LogP contribution >= 0.6 is 0 Å². The van der Waals surface area contributed by atoms with Crippen molar-refractivity contribution >= 4 is 0 Å². The van der Waals surface area contributed by atoms with Gasteiger partial charge in [-0.1, -0.05) is 0 Å². The van der Waals surface area contributed by atoms with Crippen molar-refractivity contribution in [3.63, 3.8) is 0 Å². The average Bonchev–Trinajstić information content (AvgIpc) is 1.81. The molecule has 8 heavy (non-hydrogen) atoms. The van der Waals surface area contributed by atoms with Crippen LogP contribution in [0, 0.1) is 0 Å². The molecule has 0 unspecified atom stereocenters. The van der Waals surface area contributed by atoms with Crippen LogP contribution in [0.25, 0.3) is 0 Å². The summed E-state index contributed by atoms with van der Waals surface area (Å²) < 4.78 is 22.5. The van der Waals surface area contributed by atoms with Gasteiger partial charge in [0.2, 0.25) is 0 Å². The molecule has 1 N–H and O–H groups in total. The van der Waals surface area contributed by atoms with Crippen molar-refractivity contribution in [2.45, 2.75) is 12.8 Å². The fourth-order valence-corrected chi connectivity index (χ4v) is 0.411. The summed E-state index contributed by atoms with van der Waals surface area (Å²) in [6, 6.07) is 0. The molecule has 0 rings (SSSR count). The lowest BCUT2D eigenvalue weighted by atomic mass is 10.3. The highest BCUT2D eigenvalue weighted by atomic mass is 19.1. The molecule has 3 heteroatoms. The molecule has 0 fully saturated rings. The lowest BCUT2D eigenvalue weighted by molar-refractivity contribution is 0.405. The van der Waals surface area contributed by atoms with Crippen LogP contribution in [0.1, 0.15) is 12.8 Å². The topological polar surface area (TPSA) is 12.0 Å². The van der Waals surface area contributed by atoms with Gasteiger partial charge >= 0.3 is 0 Å². The summed E-state index contributed by atoms with van der Waals surface area (Å²) in [5, 5.41) is 2.45. The highest BCUT2D eigenvalue weighted by Crippen LogP contribution is 1.85. The van der Waals surface area contributed by atoms with Crippen molar-refractivity contribution in [2.75, 3.05) is 20.0 Å². The van der Waals surface area contributed by atoms with Crippen LogP contribution in [0.15, 0.2) is 0 Å². The van der Waals surface area contributed by atoms with E-state index in [2.05, 4.69) is 5.32 Å². The van der Waals surface area contributed by atoms with Gasteiger partial charge in [0.05, 0.1) is 6.67 Å². The minimum Gasteiger partial charge on any atom is -0.290 e. The molecule has 1 nitrogen and oxygen atoms in total. The molecular weight excluding hydrogens is 112 g/mol. The van der Waals surface area contributed by atoms with Crippen LogP contribution in [0.2, 0.25) is 0 Å². The Morgan fingerprint density at radius 1 is 1.12 bits per heavy atom. The van der Waals surface area contributed by atoms with Gasteiger partial charge in [0.1, 0.15) is 6.80 Å². The van der Waals surface area contributed by atoms with Crippen molar-refractivity contribution < 1.29 is 8.78 Å². The molecular formula is C5H11F2N. The maximum atomic E-state index is 11.3. The molecule has 50 valence electrons. The van der Waals surface area contributed by atoms with Crippen molar-refractivity contribution in [1.82, 2.24) is 5.32 Å². The van der Waals surface area contributed by atoms with E-state index in [1.54, 1.807) is 0 Å². The van der Waals surface area contributed by atoms with Crippen LogP contribution < -0.4 is 5.32 Å². The molecule has 0 aliphatic heterocycles. The van der Waals surface area contributed by atoms with Crippen molar-refractivity contribution in [2.24, 2.45) is 0 Å². The maximum absolute atomic E-state index is 11.3. The highest BCUT2D eigenvalue weighted by Gasteiger charge is 1.84. The third-order valence-corrected chi connectivity index (χ3v) is 0.832. The van der Waals surface area contributed by atoms with E-state index in [0.29, 0.717) is 13.0 Å². The van der Waals surface area contributed by atoms with E-state index in [0.717, 1.165) is 6.42 Å². The zero-order valence-electron chi connectivity index (χ0n) is 4.79. The second-order valence-electron chi connectivity index (χ2n) is 1.53. The van der Waals surface area contributed by atoms with Gasteiger partial charge in [-0.25, -0.2) is 4.39 Å². The monoisotopic (exact) mass is 123 g/mol. The predicted octanol–water partition coefficient (Wildman–Crippen LogP) is 1.25. The number of rotatable bonds is 5. The number of alkyl halides is 2. The third-order valence-electron chi connectivity index (χ3n) is 0.832. The predicted molar refractivity (Wildman–Crippen MR) is 29.2 cm³/mol. The van der Waals surface area contributed by atoms with Crippen molar-refractivity contribution in [3.05, 3.63) is 0 Å². The summed E-state index contributed by atoms with van der Waals surface area (Å²) >= 11 is 0. The zero-order valence-corrected chi connectivity index (χ0v) is 4.79. The van der Waals surface area contributed by atoms with E-state index >= 15 is 0 Å². The molecule has 0 saturated carbocycles. The normalized spacial score (nSPS) is 9.75. The summed E-state index contributed by atoms with van der Waals surface area (Å²) in [6.45, 7) is -0.222. The maximum Gasteiger partial charge on any atom is 0.140 e. The van der Waals surface area contributed by atoms with Crippen LogP contribution in [0.5, 0.6) is 0 Å². The Hall–Kier alpha value is -0.180. The first-order chi connectivity index (χ1) is 3.91. The Labute approximate surface area is 48.1 Å². The SMILES string of the molecule is FCCCCNCF. The van der Waals surface area contributed by atoms with Gasteiger partial charge in [-0.05, 0) is 19.4 Å². The van der Waals surface area contributed by atoms with Crippen LogP contribution in [-0.2, 0) is 0 Å². The number of unbranched alkanes of at least 4 members (excludes halogenated alkanes) is 1. The van der Waals surface area contributed by atoms with E-state index in [1.807, 2.05) is 0 Å². The minimum atomic E-state index is -0.508. The molecule has 0 radical (unpaired) electrons. The molecule has 0 saturated heterocycles. The molecule has 0 aromatic heterocycles. The van der Waals surface area contributed by atoms with Gasteiger partial charge in [-0.2, -0.15) is 0 Å². The molecule has 0 amide bonds. The average molecular weight is 123 g/mol. The Bertz CT molecular complexity index is 35.4. The first-order valence-electron chi connectivity index (χ1n) is 2.74. The zero-order chi connectivity index (χ0) is 6.24. The molecule has 0 aromatic carbocycles. The Kier molecular flexibility index (Phi) is 6.67. The smallest absolute Gasteiger partial charge is 0.140 e. The minimum absolute atomic E-state index is 0.298. The summed E-state index contributed by atoms with van der Waals surface area (Å²) in [4.78, 5) is 0. The lowest BCUT2D eigenvalue weighted by Gasteiger charge is -1.94. The Morgan fingerprint density at radius 3 is 2.38 bits per heavy atom. The number of hydrogen-bond acceptors (Lipinski definition) is 1. The van der Waals surface area contributed by atoms with Gasteiger partial charge in [-0.15, -0.1) is 0 Å². The van der Waals surface area contributed by atoms with E-state index in [9.17, 15) is 8.78 Å². The Balaban J connectivity index is 2.53. The lowest BCUT2D eigenvalue weighted by Crippen LogP contribution is -2.12. The first kappa shape index (κ1) is 7.82. The fraction of sp³-hybridized carbons (Fsp3) is 1.00.